The van der Waals surface area contributed by atoms with Gasteiger partial charge in [0.1, 0.15) is 0 Å². The molecule has 0 spiro atoms. The van der Waals surface area contributed by atoms with Gasteiger partial charge in [-0.2, -0.15) is 0 Å². The molecule has 5 nitrogen and oxygen atoms in total. The third-order valence-electron chi connectivity index (χ3n) is 3.93. The van der Waals surface area contributed by atoms with E-state index in [1.165, 1.54) is 18.5 Å². The molecular formula is C17H16N4O. The van der Waals surface area contributed by atoms with Crippen molar-refractivity contribution in [3.05, 3.63) is 48.8 Å². The number of hydrogen-bond donors (Lipinski definition) is 0. The summed E-state index contributed by atoms with van der Waals surface area (Å²) in [6.07, 6.45) is 5.91. The van der Waals surface area contributed by atoms with Crippen LogP contribution < -0.4 is 4.90 Å². The first kappa shape index (κ1) is 13.0. The summed E-state index contributed by atoms with van der Waals surface area (Å²) >= 11 is 0. The Hall–Kier alpha value is -2.69. The van der Waals surface area contributed by atoms with Gasteiger partial charge in [-0.1, -0.05) is 12.1 Å². The van der Waals surface area contributed by atoms with Crippen LogP contribution in [-0.2, 0) is 0 Å². The molecular weight excluding hydrogens is 276 g/mol. The molecule has 0 aliphatic carbocycles. The summed E-state index contributed by atoms with van der Waals surface area (Å²) in [6, 6.07) is 11.9. The average molecular weight is 292 g/mol. The Labute approximate surface area is 128 Å². The van der Waals surface area contributed by atoms with Crippen LogP contribution in [0.4, 0.5) is 5.69 Å². The van der Waals surface area contributed by atoms with Gasteiger partial charge < -0.3 is 9.32 Å². The second kappa shape index (κ2) is 5.60. The highest BCUT2D eigenvalue weighted by molar-refractivity contribution is 5.74. The van der Waals surface area contributed by atoms with Crippen molar-refractivity contribution in [1.29, 1.82) is 0 Å². The van der Waals surface area contributed by atoms with Crippen LogP contribution in [0, 0.1) is 0 Å². The molecule has 0 bridgehead atoms. The molecule has 0 N–H and O–H groups in total. The van der Waals surface area contributed by atoms with Gasteiger partial charge in [-0.25, -0.2) is 0 Å². The Morgan fingerprint density at radius 2 is 1.59 bits per heavy atom. The molecule has 1 aliphatic rings. The van der Waals surface area contributed by atoms with Crippen LogP contribution in [0.3, 0.4) is 0 Å². The second-order valence-electron chi connectivity index (χ2n) is 5.36. The molecule has 0 atom stereocenters. The summed E-state index contributed by atoms with van der Waals surface area (Å²) < 4.78 is 5.88. The fourth-order valence-corrected chi connectivity index (χ4v) is 2.83. The maximum absolute atomic E-state index is 5.88. The fourth-order valence-electron chi connectivity index (χ4n) is 2.83. The number of aromatic nitrogens is 3. The highest BCUT2D eigenvalue weighted by atomic mass is 16.4. The van der Waals surface area contributed by atoms with Crippen molar-refractivity contribution in [1.82, 2.24) is 15.2 Å². The van der Waals surface area contributed by atoms with Crippen LogP contribution >= 0.6 is 0 Å². The first-order valence-electron chi connectivity index (χ1n) is 7.50. The van der Waals surface area contributed by atoms with Gasteiger partial charge in [0.15, 0.2) is 0 Å². The first-order valence-corrected chi connectivity index (χ1v) is 7.50. The fraction of sp³-hybridized carbons (Fsp3) is 0.235. The van der Waals surface area contributed by atoms with Crippen LogP contribution in [0.25, 0.3) is 22.9 Å². The second-order valence-corrected chi connectivity index (χ2v) is 5.36. The molecule has 3 aromatic rings. The zero-order chi connectivity index (χ0) is 14.8. The minimum absolute atomic E-state index is 0.522. The molecule has 1 fully saturated rings. The maximum Gasteiger partial charge on any atom is 0.250 e. The number of nitrogens with zero attached hydrogens (tertiary/aromatic N) is 4. The number of benzene rings is 1. The smallest absolute Gasteiger partial charge is 0.250 e. The van der Waals surface area contributed by atoms with Crippen LogP contribution in [0.5, 0.6) is 0 Å². The van der Waals surface area contributed by atoms with Crippen molar-refractivity contribution < 1.29 is 4.42 Å². The van der Waals surface area contributed by atoms with E-state index in [4.69, 9.17) is 4.42 Å². The van der Waals surface area contributed by atoms with Crippen LogP contribution in [-0.4, -0.2) is 28.3 Å². The van der Waals surface area contributed by atoms with E-state index in [1.54, 1.807) is 12.4 Å². The lowest BCUT2D eigenvalue weighted by atomic mass is 10.1. The summed E-state index contributed by atoms with van der Waals surface area (Å²) in [7, 11) is 0. The minimum atomic E-state index is 0.522. The molecule has 0 unspecified atom stereocenters. The lowest BCUT2D eigenvalue weighted by Crippen LogP contribution is -2.18. The Morgan fingerprint density at radius 1 is 0.864 bits per heavy atom. The quantitative estimate of drug-likeness (QED) is 0.740. The van der Waals surface area contributed by atoms with Gasteiger partial charge in [0.05, 0.1) is 5.56 Å². The highest BCUT2D eigenvalue weighted by Gasteiger charge is 2.19. The van der Waals surface area contributed by atoms with E-state index in [2.05, 4.69) is 32.2 Å². The summed E-state index contributed by atoms with van der Waals surface area (Å²) in [5, 5.41) is 8.40. The Morgan fingerprint density at radius 3 is 2.41 bits per heavy atom. The molecule has 0 radical (unpaired) electrons. The number of hydrogen-bond acceptors (Lipinski definition) is 5. The van der Waals surface area contributed by atoms with Crippen molar-refractivity contribution in [2.24, 2.45) is 0 Å². The minimum Gasteiger partial charge on any atom is -0.416 e. The van der Waals surface area contributed by atoms with Crippen LogP contribution in [0.2, 0.25) is 0 Å². The first-order chi connectivity index (χ1) is 10.9. The predicted molar refractivity (Wildman–Crippen MR) is 84.4 cm³/mol. The molecule has 1 aliphatic heterocycles. The summed E-state index contributed by atoms with van der Waals surface area (Å²) in [6.45, 7) is 2.17. The van der Waals surface area contributed by atoms with Gasteiger partial charge >= 0.3 is 0 Å². The van der Waals surface area contributed by atoms with E-state index in [0.717, 1.165) is 24.2 Å². The molecule has 1 aromatic carbocycles. The number of para-hydroxylation sites is 1. The zero-order valence-corrected chi connectivity index (χ0v) is 12.1. The van der Waals surface area contributed by atoms with Gasteiger partial charge in [0, 0.05) is 36.7 Å². The average Bonchev–Trinajstić information content (AvgIpc) is 3.28. The normalized spacial score (nSPS) is 14.5. The molecule has 110 valence electrons. The Kier molecular flexibility index (Phi) is 3.31. The van der Waals surface area contributed by atoms with Crippen LogP contribution in [0.15, 0.2) is 53.2 Å². The largest absolute Gasteiger partial charge is 0.416 e. The Bertz CT molecular complexity index is 763. The van der Waals surface area contributed by atoms with Gasteiger partial charge in [-0.05, 0) is 37.1 Å². The third-order valence-corrected chi connectivity index (χ3v) is 3.93. The SMILES string of the molecule is c1ccc(N2CCCC2)c(-c2nnc(-c3ccncc3)o2)c1. The molecule has 0 saturated carbocycles. The van der Waals surface area contributed by atoms with E-state index in [-0.39, 0.29) is 0 Å². The number of rotatable bonds is 3. The number of pyridine rings is 1. The van der Waals surface area contributed by atoms with Gasteiger partial charge in [-0.15, -0.1) is 10.2 Å². The summed E-state index contributed by atoms with van der Waals surface area (Å²) in [4.78, 5) is 6.39. The molecule has 3 heterocycles. The molecule has 4 rings (SSSR count). The van der Waals surface area contributed by atoms with Crippen LogP contribution in [0.1, 0.15) is 12.8 Å². The van der Waals surface area contributed by atoms with E-state index < -0.39 is 0 Å². The highest BCUT2D eigenvalue weighted by Crippen LogP contribution is 2.33. The van der Waals surface area contributed by atoms with E-state index in [9.17, 15) is 0 Å². The topological polar surface area (TPSA) is 55.1 Å². The van der Waals surface area contributed by atoms with E-state index in [1.807, 2.05) is 24.3 Å². The molecule has 5 heteroatoms. The van der Waals surface area contributed by atoms with Crippen molar-refractivity contribution in [3.8, 4) is 22.9 Å². The maximum atomic E-state index is 5.88. The molecule has 1 saturated heterocycles. The van der Waals surface area contributed by atoms with Crippen molar-refractivity contribution in [3.63, 3.8) is 0 Å². The molecule has 22 heavy (non-hydrogen) atoms. The summed E-state index contributed by atoms with van der Waals surface area (Å²) in [5.41, 5.74) is 3.05. The van der Waals surface area contributed by atoms with Gasteiger partial charge in [-0.3, -0.25) is 4.98 Å². The van der Waals surface area contributed by atoms with E-state index in [0.29, 0.717) is 11.8 Å². The standard InChI is InChI=1S/C17H16N4O/c1-2-6-15(21-11-3-4-12-21)14(5-1)17-20-19-16(22-17)13-7-9-18-10-8-13/h1-2,5-10H,3-4,11-12H2. The lowest BCUT2D eigenvalue weighted by Gasteiger charge is -2.19. The van der Waals surface area contributed by atoms with Crippen molar-refractivity contribution >= 4 is 5.69 Å². The van der Waals surface area contributed by atoms with Gasteiger partial charge in [0.25, 0.3) is 0 Å². The van der Waals surface area contributed by atoms with E-state index >= 15 is 0 Å². The monoisotopic (exact) mass is 292 g/mol. The summed E-state index contributed by atoms with van der Waals surface area (Å²) in [5.74, 6) is 1.09. The van der Waals surface area contributed by atoms with Crippen molar-refractivity contribution in [2.75, 3.05) is 18.0 Å². The number of anilines is 1. The third kappa shape index (κ3) is 2.35. The lowest BCUT2D eigenvalue weighted by molar-refractivity contribution is 0.584. The zero-order valence-electron chi connectivity index (χ0n) is 12.1. The molecule has 2 aromatic heterocycles. The molecule has 0 amide bonds. The Balaban J connectivity index is 1.72. The van der Waals surface area contributed by atoms with Gasteiger partial charge in [0.2, 0.25) is 11.8 Å². The predicted octanol–water partition coefficient (Wildman–Crippen LogP) is 3.40. The van der Waals surface area contributed by atoms with Crippen molar-refractivity contribution in [2.45, 2.75) is 12.8 Å².